The Morgan fingerprint density at radius 3 is 2.67 bits per heavy atom. The summed E-state index contributed by atoms with van der Waals surface area (Å²) in [5.74, 6) is -0.844. The standard InChI is InChI=1S/C13H19NO4/c1-5-12(3,4)9(16)10-13(18-10)8(15)6-7(2)14-11(13)17/h6,9-10,16H,5H2,1-4H3,(H,14,17). The highest BCUT2D eigenvalue weighted by Crippen LogP contribution is 2.47. The van der Waals surface area contributed by atoms with Crippen molar-refractivity contribution in [1.29, 1.82) is 0 Å². The van der Waals surface area contributed by atoms with E-state index in [1.54, 1.807) is 6.92 Å². The van der Waals surface area contributed by atoms with E-state index in [0.29, 0.717) is 5.70 Å². The Labute approximate surface area is 106 Å². The van der Waals surface area contributed by atoms with Gasteiger partial charge in [-0.25, -0.2) is 0 Å². The molecule has 0 aliphatic carbocycles. The van der Waals surface area contributed by atoms with E-state index in [1.807, 2.05) is 20.8 Å². The average molecular weight is 253 g/mol. The summed E-state index contributed by atoms with van der Waals surface area (Å²) in [5.41, 5.74) is -1.38. The summed E-state index contributed by atoms with van der Waals surface area (Å²) in [6.45, 7) is 7.37. The monoisotopic (exact) mass is 253 g/mol. The maximum absolute atomic E-state index is 12.0. The molecular weight excluding hydrogens is 234 g/mol. The smallest absolute Gasteiger partial charge is 0.267 e. The minimum atomic E-state index is -1.49. The van der Waals surface area contributed by atoms with Gasteiger partial charge in [0.05, 0.1) is 6.10 Å². The van der Waals surface area contributed by atoms with Crippen molar-refractivity contribution >= 4 is 11.7 Å². The van der Waals surface area contributed by atoms with Crippen molar-refractivity contribution < 1.29 is 19.4 Å². The van der Waals surface area contributed by atoms with Crippen LogP contribution in [0.15, 0.2) is 11.8 Å². The maximum atomic E-state index is 12.0. The van der Waals surface area contributed by atoms with Crippen molar-refractivity contribution in [2.45, 2.75) is 51.9 Å². The predicted octanol–water partition coefficient (Wildman–Crippen LogP) is 0.524. The Morgan fingerprint density at radius 2 is 2.17 bits per heavy atom. The van der Waals surface area contributed by atoms with E-state index in [0.717, 1.165) is 6.42 Å². The molecule has 100 valence electrons. The number of amides is 1. The van der Waals surface area contributed by atoms with Crippen LogP contribution < -0.4 is 5.32 Å². The van der Waals surface area contributed by atoms with Gasteiger partial charge in [-0.15, -0.1) is 0 Å². The molecule has 0 aromatic carbocycles. The van der Waals surface area contributed by atoms with Crippen LogP contribution in [0, 0.1) is 5.41 Å². The zero-order valence-electron chi connectivity index (χ0n) is 11.1. The number of ether oxygens (including phenoxy) is 1. The Morgan fingerprint density at radius 1 is 1.56 bits per heavy atom. The molecule has 0 bridgehead atoms. The number of hydrogen-bond acceptors (Lipinski definition) is 4. The molecule has 2 aliphatic heterocycles. The van der Waals surface area contributed by atoms with Crippen molar-refractivity contribution in [1.82, 2.24) is 5.32 Å². The minimum Gasteiger partial charge on any atom is -0.390 e. The van der Waals surface area contributed by atoms with Crippen LogP contribution in [-0.4, -0.2) is 34.6 Å². The largest absolute Gasteiger partial charge is 0.390 e. The van der Waals surface area contributed by atoms with Gasteiger partial charge in [0, 0.05) is 11.8 Å². The topological polar surface area (TPSA) is 78.9 Å². The van der Waals surface area contributed by atoms with Crippen molar-refractivity contribution in [2.24, 2.45) is 5.41 Å². The van der Waals surface area contributed by atoms with Crippen LogP contribution in [0.1, 0.15) is 34.1 Å². The van der Waals surface area contributed by atoms with Gasteiger partial charge < -0.3 is 15.2 Å². The fourth-order valence-corrected chi connectivity index (χ4v) is 2.18. The second-order valence-corrected chi connectivity index (χ2v) is 5.71. The first-order valence-corrected chi connectivity index (χ1v) is 6.15. The Hall–Kier alpha value is -1.20. The van der Waals surface area contributed by atoms with Gasteiger partial charge in [0.2, 0.25) is 11.4 Å². The molecule has 0 aromatic heterocycles. The van der Waals surface area contributed by atoms with Crippen molar-refractivity contribution in [3.63, 3.8) is 0 Å². The SMILES string of the molecule is CCC(C)(C)C(O)C1OC12C(=O)C=C(C)NC2=O. The summed E-state index contributed by atoms with van der Waals surface area (Å²) < 4.78 is 5.31. The lowest BCUT2D eigenvalue weighted by atomic mass is 9.78. The van der Waals surface area contributed by atoms with Crippen molar-refractivity contribution in [2.75, 3.05) is 0 Å². The highest BCUT2D eigenvalue weighted by atomic mass is 16.6. The van der Waals surface area contributed by atoms with Gasteiger partial charge in [0.1, 0.15) is 6.10 Å². The number of hydrogen-bond donors (Lipinski definition) is 2. The van der Waals surface area contributed by atoms with E-state index in [-0.39, 0.29) is 5.78 Å². The number of nitrogens with one attached hydrogen (secondary N) is 1. The predicted molar refractivity (Wildman–Crippen MR) is 64.6 cm³/mol. The van der Waals surface area contributed by atoms with E-state index in [9.17, 15) is 14.7 Å². The van der Waals surface area contributed by atoms with Crippen LogP contribution in [-0.2, 0) is 14.3 Å². The van der Waals surface area contributed by atoms with Crippen LogP contribution in [0.4, 0.5) is 0 Å². The first-order valence-electron chi connectivity index (χ1n) is 6.15. The van der Waals surface area contributed by atoms with Crippen molar-refractivity contribution in [3.05, 3.63) is 11.8 Å². The molecule has 5 heteroatoms. The third-order valence-electron chi connectivity index (χ3n) is 4.02. The van der Waals surface area contributed by atoms with Gasteiger partial charge in [-0.3, -0.25) is 9.59 Å². The average Bonchev–Trinajstić information content (AvgIpc) is 3.02. The molecule has 1 spiro atoms. The van der Waals surface area contributed by atoms with Gasteiger partial charge in [0.25, 0.3) is 5.91 Å². The number of allylic oxidation sites excluding steroid dienone is 1. The highest BCUT2D eigenvalue weighted by Gasteiger charge is 2.72. The Kier molecular flexibility index (Phi) is 2.87. The summed E-state index contributed by atoms with van der Waals surface area (Å²) in [4.78, 5) is 23.9. The second-order valence-electron chi connectivity index (χ2n) is 5.71. The molecular formula is C13H19NO4. The lowest BCUT2D eigenvalue weighted by Crippen LogP contribution is -2.50. The normalized spacial score (nSPS) is 33.2. The molecule has 1 fully saturated rings. The number of carbonyl (C=O) groups is 2. The third kappa shape index (κ3) is 1.69. The molecule has 2 N–H and O–H groups in total. The number of aliphatic hydroxyl groups is 1. The number of aliphatic hydroxyl groups excluding tert-OH is 1. The molecule has 0 saturated carbocycles. The molecule has 2 aliphatic rings. The zero-order chi connectivity index (χ0) is 13.7. The van der Waals surface area contributed by atoms with Gasteiger partial charge in [0.15, 0.2) is 0 Å². The summed E-state index contributed by atoms with van der Waals surface area (Å²) in [5, 5.41) is 12.8. The molecule has 3 unspecified atom stereocenters. The third-order valence-corrected chi connectivity index (χ3v) is 4.02. The fourth-order valence-electron chi connectivity index (χ4n) is 2.18. The Balaban J connectivity index is 2.24. The van der Waals surface area contributed by atoms with E-state index >= 15 is 0 Å². The van der Waals surface area contributed by atoms with Crippen LogP contribution in [0.2, 0.25) is 0 Å². The highest BCUT2D eigenvalue weighted by molar-refractivity contribution is 6.20. The van der Waals surface area contributed by atoms with Gasteiger partial charge in [-0.2, -0.15) is 0 Å². The van der Waals surface area contributed by atoms with E-state index in [4.69, 9.17) is 4.74 Å². The van der Waals surface area contributed by atoms with E-state index < -0.39 is 29.1 Å². The molecule has 1 amide bonds. The van der Waals surface area contributed by atoms with Crippen LogP contribution >= 0.6 is 0 Å². The molecule has 2 rings (SSSR count). The molecule has 18 heavy (non-hydrogen) atoms. The number of ketones is 1. The fraction of sp³-hybridized carbons (Fsp3) is 0.692. The van der Waals surface area contributed by atoms with Crippen LogP contribution in [0.3, 0.4) is 0 Å². The molecule has 0 radical (unpaired) electrons. The van der Waals surface area contributed by atoms with Gasteiger partial charge >= 0.3 is 0 Å². The van der Waals surface area contributed by atoms with Gasteiger partial charge in [-0.1, -0.05) is 20.8 Å². The lowest BCUT2D eigenvalue weighted by molar-refractivity contribution is -0.134. The maximum Gasteiger partial charge on any atom is 0.267 e. The molecule has 1 saturated heterocycles. The zero-order valence-corrected chi connectivity index (χ0v) is 11.1. The number of epoxide rings is 1. The van der Waals surface area contributed by atoms with Gasteiger partial charge in [-0.05, 0) is 18.8 Å². The molecule has 5 nitrogen and oxygen atoms in total. The molecule has 2 heterocycles. The second kappa shape index (κ2) is 3.90. The first kappa shape index (κ1) is 13.2. The summed E-state index contributed by atoms with van der Waals surface area (Å²) in [6.07, 6.45) is 0.496. The first-order chi connectivity index (χ1) is 8.25. The lowest BCUT2D eigenvalue weighted by Gasteiger charge is -2.29. The number of rotatable bonds is 3. The quantitative estimate of drug-likeness (QED) is 0.568. The number of carbonyl (C=O) groups excluding carboxylic acids is 2. The van der Waals surface area contributed by atoms with Crippen molar-refractivity contribution in [3.8, 4) is 0 Å². The van der Waals surface area contributed by atoms with Crippen LogP contribution in [0.25, 0.3) is 0 Å². The minimum absolute atomic E-state index is 0.375. The Bertz CT molecular complexity index is 440. The van der Waals surface area contributed by atoms with E-state index in [1.165, 1.54) is 6.08 Å². The molecule has 3 atom stereocenters. The van der Waals surface area contributed by atoms with Crippen LogP contribution in [0.5, 0.6) is 0 Å². The summed E-state index contributed by atoms with van der Waals surface area (Å²) >= 11 is 0. The molecule has 0 aromatic rings. The summed E-state index contributed by atoms with van der Waals surface area (Å²) in [7, 11) is 0. The van der Waals surface area contributed by atoms with E-state index in [2.05, 4.69) is 5.32 Å². The summed E-state index contributed by atoms with van der Waals surface area (Å²) in [6, 6.07) is 0.